The first-order valence-corrected chi connectivity index (χ1v) is 11.0. The number of nitrogens with two attached hydrogens (primary N) is 1. The van der Waals surface area contributed by atoms with Crippen LogP contribution in [0.1, 0.15) is 45.4 Å². The summed E-state index contributed by atoms with van der Waals surface area (Å²) in [4.78, 5) is 22.9. The van der Waals surface area contributed by atoms with Gasteiger partial charge in [-0.05, 0) is 51.3 Å². The van der Waals surface area contributed by atoms with Gasteiger partial charge in [-0.3, -0.25) is 0 Å². The van der Waals surface area contributed by atoms with E-state index in [1.165, 1.54) is 12.1 Å². The van der Waals surface area contributed by atoms with E-state index in [-0.39, 0.29) is 16.9 Å². The molecule has 0 unspecified atom stereocenters. The largest absolute Gasteiger partial charge is 0.444 e. The van der Waals surface area contributed by atoms with Gasteiger partial charge in [-0.2, -0.15) is 0 Å². The lowest BCUT2D eigenvalue weighted by Crippen LogP contribution is -2.41. The second kappa shape index (κ2) is 8.08. The predicted molar refractivity (Wildman–Crippen MR) is 109 cm³/mol. The van der Waals surface area contributed by atoms with Crippen molar-refractivity contribution in [3.8, 4) is 11.1 Å². The molecule has 0 radical (unpaired) electrons. The van der Waals surface area contributed by atoms with Gasteiger partial charge in [0.15, 0.2) is 0 Å². The van der Waals surface area contributed by atoms with Gasteiger partial charge in [0.05, 0.1) is 4.90 Å². The number of hydrogen-bond donors (Lipinski definition) is 1. The minimum Gasteiger partial charge on any atom is -0.444 e. The van der Waals surface area contributed by atoms with E-state index in [1.807, 2.05) is 20.8 Å². The molecule has 1 aromatic carbocycles. The van der Waals surface area contributed by atoms with Crippen molar-refractivity contribution in [3.05, 3.63) is 42.5 Å². The molecule has 1 aliphatic heterocycles. The molecular formula is C20H26N4O4S. The number of carbonyl (C=O) groups is 1. The number of hydrogen-bond acceptors (Lipinski definition) is 6. The molecule has 0 saturated carbocycles. The lowest BCUT2D eigenvalue weighted by Gasteiger charge is -2.32. The molecule has 1 fully saturated rings. The molecule has 1 aromatic heterocycles. The molecule has 29 heavy (non-hydrogen) atoms. The Morgan fingerprint density at radius 2 is 1.62 bits per heavy atom. The van der Waals surface area contributed by atoms with Crippen LogP contribution < -0.4 is 5.14 Å². The summed E-state index contributed by atoms with van der Waals surface area (Å²) in [6.07, 6.45) is 4.74. The summed E-state index contributed by atoms with van der Waals surface area (Å²) in [5.74, 6) is 0.936. The van der Waals surface area contributed by atoms with Crippen LogP contribution in [0, 0.1) is 0 Å². The van der Waals surface area contributed by atoms with Crippen molar-refractivity contribution >= 4 is 16.1 Å². The van der Waals surface area contributed by atoms with Gasteiger partial charge in [0, 0.05) is 37.0 Å². The van der Waals surface area contributed by atoms with Crippen LogP contribution >= 0.6 is 0 Å². The van der Waals surface area contributed by atoms with E-state index in [2.05, 4.69) is 9.97 Å². The third-order valence-electron chi connectivity index (χ3n) is 4.70. The Bertz CT molecular complexity index is 959. The lowest BCUT2D eigenvalue weighted by atomic mass is 9.96. The number of rotatable bonds is 3. The monoisotopic (exact) mass is 418 g/mol. The van der Waals surface area contributed by atoms with E-state index in [0.29, 0.717) is 13.1 Å². The van der Waals surface area contributed by atoms with Crippen LogP contribution in [0.15, 0.2) is 41.6 Å². The molecule has 1 saturated heterocycles. The van der Waals surface area contributed by atoms with Gasteiger partial charge in [0.25, 0.3) is 0 Å². The molecule has 9 heteroatoms. The number of benzene rings is 1. The Morgan fingerprint density at radius 1 is 1.07 bits per heavy atom. The highest BCUT2D eigenvalue weighted by Crippen LogP contribution is 2.27. The highest BCUT2D eigenvalue weighted by Gasteiger charge is 2.28. The molecule has 0 atom stereocenters. The first-order valence-electron chi connectivity index (χ1n) is 9.46. The Kier molecular flexibility index (Phi) is 5.90. The minimum atomic E-state index is -3.71. The second-order valence-corrected chi connectivity index (χ2v) is 9.70. The zero-order valence-corrected chi connectivity index (χ0v) is 17.6. The molecule has 2 N–H and O–H groups in total. The fourth-order valence-corrected chi connectivity index (χ4v) is 3.70. The highest BCUT2D eigenvalue weighted by atomic mass is 32.2. The molecule has 8 nitrogen and oxygen atoms in total. The molecule has 2 heterocycles. The van der Waals surface area contributed by atoms with Crippen LogP contribution in [-0.4, -0.2) is 48.1 Å². The number of sulfonamides is 1. The fraction of sp³-hybridized carbons (Fsp3) is 0.450. The van der Waals surface area contributed by atoms with Crippen molar-refractivity contribution < 1.29 is 17.9 Å². The summed E-state index contributed by atoms with van der Waals surface area (Å²) in [6.45, 7) is 6.79. The van der Waals surface area contributed by atoms with E-state index in [1.54, 1.807) is 29.4 Å². The topological polar surface area (TPSA) is 115 Å². The third kappa shape index (κ3) is 5.51. The number of piperidine rings is 1. The number of ether oxygens (including phenoxy) is 1. The molecular weight excluding hydrogens is 392 g/mol. The summed E-state index contributed by atoms with van der Waals surface area (Å²) in [5, 5.41) is 5.12. The smallest absolute Gasteiger partial charge is 0.410 e. The van der Waals surface area contributed by atoms with Gasteiger partial charge in [-0.25, -0.2) is 28.3 Å². The van der Waals surface area contributed by atoms with Crippen LogP contribution in [0.25, 0.3) is 11.1 Å². The standard InChI is InChI=1S/C20H26N4O4S/c1-20(2,3)28-19(25)24-10-8-15(9-11-24)18-22-12-16(13-23-18)14-4-6-17(7-5-14)29(21,26)27/h4-7,12-13,15H,8-11H2,1-3H3,(H2,21,26,27). The Labute approximate surface area is 171 Å². The summed E-state index contributed by atoms with van der Waals surface area (Å²) in [5.41, 5.74) is 1.10. The van der Waals surface area contributed by atoms with Crippen LogP contribution in [-0.2, 0) is 14.8 Å². The number of nitrogens with zero attached hydrogens (tertiary/aromatic N) is 3. The maximum absolute atomic E-state index is 12.2. The van der Waals surface area contributed by atoms with Crippen molar-refractivity contribution in [1.29, 1.82) is 0 Å². The Hall–Kier alpha value is -2.52. The van der Waals surface area contributed by atoms with Gasteiger partial charge < -0.3 is 9.64 Å². The second-order valence-electron chi connectivity index (χ2n) is 8.14. The minimum absolute atomic E-state index is 0.0653. The maximum Gasteiger partial charge on any atom is 0.410 e. The first-order chi connectivity index (χ1) is 13.5. The highest BCUT2D eigenvalue weighted by molar-refractivity contribution is 7.89. The van der Waals surface area contributed by atoms with Crippen molar-refractivity contribution in [1.82, 2.24) is 14.9 Å². The van der Waals surface area contributed by atoms with Gasteiger partial charge in [-0.15, -0.1) is 0 Å². The zero-order valence-electron chi connectivity index (χ0n) is 16.8. The number of carbonyl (C=O) groups excluding carboxylic acids is 1. The molecule has 0 bridgehead atoms. The maximum atomic E-state index is 12.2. The molecule has 0 spiro atoms. The Balaban J connectivity index is 1.62. The van der Waals surface area contributed by atoms with Gasteiger partial charge in [0.1, 0.15) is 11.4 Å². The molecule has 156 valence electrons. The van der Waals surface area contributed by atoms with Crippen molar-refractivity contribution in [2.24, 2.45) is 5.14 Å². The number of aromatic nitrogens is 2. The average Bonchev–Trinajstić information content (AvgIpc) is 2.66. The van der Waals surface area contributed by atoms with Crippen LogP contribution in [0.4, 0.5) is 4.79 Å². The van der Waals surface area contributed by atoms with E-state index < -0.39 is 15.6 Å². The summed E-state index contributed by atoms with van der Waals surface area (Å²) >= 11 is 0. The van der Waals surface area contributed by atoms with Crippen LogP contribution in [0.2, 0.25) is 0 Å². The Morgan fingerprint density at radius 3 is 2.10 bits per heavy atom. The number of likely N-dealkylation sites (tertiary alicyclic amines) is 1. The van der Waals surface area contributed by atoms with Gasteiger partial charge >= 0.3 is 6.09 Å². The molecule has 2 aromatic rings. The van der Waals surface area contributed by atoms with Gasteiger partial charge in [0.2, 0.25) is 10.0 Å². The first kappa shape index (κ1) is 21.2. The predicted octanol–water partition coefficient (Wildman–Crippen LogP) is 2.91. The van der Waals surface area contributed by atoms with E-state index >= 15 is 0 Å². The molecule has 3 rings (SSSR count). The van der Waals surface area contributed by atoms with Gasteiger partial charge in [-0.1, -0.05) is 12.1 Å². The SMILES string of the molecule is CC(C)(C)OC(=O)N1CCC(c2ncc(-c3ccc(S(N)(=O)=O)cc3)cn2)CC1. The fourth-order valence-electron chi connectivity index (χ4n) is 3.18. The molecule has 1 amide bonds. The quantitative estimate of drug-likeness (QED) is 0.819. The van der Waals surface area contributed by atoms with Crippen molar-refractivity contribution in [2.45, 2.75) is 50.0 Å². The summed E-state index contributed by atoms with van der Waals surface area (Å²) < 4.78 is 28.1. The van der Waals surface area contributed by atoms with E-state index in [4.69, 9.17) is 9.88 Å². The average molecular weight is 419 g/mol. The lowest BCUT2D eigenvalue weighted by molar-refractivity contribution is 0.0203. The van der Waals surface area contributed by atoms with E-state index in [0.717, 1.165) is 29.8 Å². The summed E-state index contributed by atoms with van der Waals surface area (Å²) in [7, 11) is -3.71. The van der Waals surface area contributed by atoms with Crippen molar-refractivity contribution in [3.63, 3.8) is 0 Å². The molecule has 1 aliphatic rings. The molecule has 0 aliphatic carbocycles. The van der Waals surface area contributed by atoms with Crippen LogP contribution in [0.3, 0.4) is 0 Å². The number of primary sulfonamides is 1. The number of amides is 1. The van der Waals surface area contributed by atoms with E-state index in [9.17, 15) is 13.2 Å². The normalized spacial score (nSPS) is 15.9. The summed E-state index contributed by atoms with van der Waals surface area (Å²) in [6, 6.07) is 6.28. The van der Waals surface area contributed by atoms with Crippen LogP contribution in [0.5, 0.6) is 0 Å². The third-order valence-corrected chi connectivity index (χ3v) is 5.63. The van der Waals surface area contributed by atoms with Crippen molar-refractivity contribution in [2.75, 3.05) is 13.1 Å². The zero-order chi connectivity index (χ0) is 21.2.